The summed E-state index contributed by atoms with van der Waals surface area (Å²) in [5, 5.41) is 3.62. The van der Waals surface area contributed by atoms with E-state index in [0.29, 0.717) is 11.7 Å². The van der Waals surface area contributed by atoms with Gasteiger partial charge in [-0.3, -0.25) is 4.90 Å². The van der Waals surface area contributed by atoms with E-state index in [0.717, 1.165) is 49.9 Å². The lowest BCUT2D eigenvalue weighted by Gasteiger charge is -2.37. The molecule has 3 heterocycles. The molecule has 0 N–H and O–H groups in total. The van der Waals surface area contributed by atoms with E-state index in [2.05, 4.69) is 26.9 Å². The first-order valence-electron chi connectivity index (χ1n) is 9.98. The minimum Gasteiger partial charge on any atom is -0.357 e. The molecule has 4 rings (SSSR count). The van der Waals surface area contributed by atoms with E-state index in [-0.39, 0.29) is 0 Å². The number of anilines is 1. The van der Waals surface area contributed by atoms with Crippen LogP contribution in [0.3, 0.4) is 0 Å². The van der Waals surface area contributed by atoms with Crippen LogP contribution in [0, 0.1) is 0 Å². The van der Waals surface area contributed by atoms with Crippen LogP contribution in [0.15, 0.2) is 60.9 Å². The predicted molar refractivity (Wildman–Crippen MR) is 110 cm³/mol. The summed E-state index contributed by atoms with van der Waals surface area (Å²) >= 11 is 0. The van der Waals surface area contributed by atoms with Gasteiger partial charge in [-0.2, -0.15) is 18.3 Å². The van der Waals surface area contributed by atoms with Crippen LogP contribution in [0.4, 0.5) is 19.0 Å². The van der Waals surface area contributed by atoms with Crippen molar-refractivity contribution in [2.75, 3.05) is 25.0 Å². The van der Waals surface area contributed by atoms with Crippen LogP contribution >= 0.6 is 0 Å². The van der Waals surface area contributed by atoms with Crippen molar-refractivity contribution in [3.8, 4) is 5.69 Å². The Bertz CT molecular complexity index is 945. The monoisotopic (exact) mass is 415 g/mol. The molecular formula is C22H24F3N5. The van der Waals surface area contributed by atoms with Gasteiger partial charge in [-0.15, -0.1) is 0 Å². The topological polar surface area (TPSA) is 37.2 Å². The number of hydrogen-bond donors (Lipinski definition) is 0. The molecule has 8 heteroatoms. The van der Waals surface area contributed by atoms with E-state index < -0.39 is 11.9 Å². The fourth-order valence-corrected chi connectivity index (χ4v) is 3.87. The first kappa shape index (κ1) is 20.4. The number of hydrogen-bond acceptors (Lipinski definition) is 4. The van der Waals surface area contributed by atoms with Crippen LogP contribution in [-0.4, -0.2) is 45.8 Å². The second kappa shape index (κ2) is 8.47. The quantitative estimate of drug-likeness (QED) is 0.620. The lowest BCUT2D eigenvalue weighted by molar-refractivity contribution is -0.141. The summed E-state index contributed by atoms with van der Waals surface area (Å²) < 4.78 is 39.5. The van der Waals surface area contributed by atoms with Gasteiger partial charge in [-0.05, 0) is 55.8 Å². The molecule has 1 aliphatic heterocycles. The Morgan fingerprint density at radius 2 is 1.77 bits per heavy atom. The highest BCUT2D eigenvalue weighted by molar-refractivity contribution is 5.38. The van der Waals surface area contributed by atoms with Crippen molar-refractivity contribution in [1.29, 1.82) is 0 Å². The third kappa shape index (κ3) is 4.64. The molecule has 3 aromatic rings. The van der Waals surface area contributed by atoms with Gasteiger partial charge in [0.25, 0.3) is 0 Å². The largest absolute Gasteiger partial charge is 0.435 e. The SMILES string of the molecule is CN(Cc1ccc(-n2ccc(C(F)(F)F)n2)cc1)C1CCN(c2ccccn2)CC1. The first-order valence-corrected chi connectivity index (χ1v) is 9.98. The molecule has 1 fully saturated rings. The average molecular weight is 415 g/mol. The van der Waals surface area contributed by atoms with Crippen molar-refractivity contribution in [2.24, 2.45) is 0 Å². The molecule has 1 aliphatic rings. The average Bonchev–Trinajstić information content (AvgIpc) is 3.26. The van der Waals surface area contributed by atoms with Crippen LogP contribution in [0.1, 0.15) is 24.1 Å². The Balaban J connectivity index is 1.33. The molecule has 158 valence electrons. The molecule has 0 unspecified atom stereocenters. The molecule has 0 bridgehead atoms. The maximum atomic E-state index is 12.7. The van der Waals surface area contributed by atoms with Crippen LogP contribution in [-0.2, 0) is 12.7 Å². The summed E-state index contributed by atoms with van der Waals surface area (Å²) in [6, 6.07) is 15.0. The minimum atomic E-state index is -4.43. The van der Waals surface area contributed by atoms with Crippen LogP contribution in [0.5, 0.6) is 0 Å². The molecule has 0 radical (unpaired) electrons. The Morgan fingerprint density at radius 1 is 1.03 bits per heavy atom. The van der Waals surface area contributed by atoms with Gasteiger partial charge >= 0.3 is 6.18 Å². The summed E-state index contributed by atoms with van der Waals surface area (Å²) in [4.78, 5) is 9.10. The highest BCUT2D eigenvalue weighted by atomic mass is 19.4. The number of rotatable bonds is 5. The highest BCUT2D eigenvalue weighted by Crippen LogP contribution is 2.28. The molecule has 5 nitrogen and oxygen atoms in total. The normalized spacial score (nSPS) is 15.7. The number of benzene rings is 1. The van der Waals surface area contributed by atoms with E-state index in [1.165, 1.54) is 10.9 Å². The Hall–Kier alpha value is -2.87. The summed E-state index contributed by atoms with van der Waals surface area (Å²) in [5.41, 5.74) is 0.848. The number of piperidine rings is 1. The fraction of sp³-hybridized carbons (Fsp3) is 0.364. The number of alkyl halides is 3. The van der Waals surface area contributed by atoms with Crippen LogP contribution in [0.25, 0.3) is 5.69 Å². The maximum Gasteiger partial charge on any atom is 0.435 e. The van der Waals surface area contributed by atoms with E-state index >= 15 is 0 Å². The zero-order valence-corrected chi connectivity index (χ0v) is 16.8. The van der Waals surface area contributed by atoms with Crippen LogP contribution in [0.2, 0.25) is 0 Å². The van der Waals surface area contributed by atoms with Crippen molar-refractivity contribution < 1.29 is 13.2 Å². The van der Waals surface area contributed by atoms with E-state index in [1.807, 2.05) is 36.5 Å². The Morgan fingerprint density at radius 3 is 2.37 bits per heavy atom. The maximum absolute atomic E-state index is 12.7. The van der Waals surface area contributed by atoms with Gasteiger partial charge in [-0.25, -0.2) is 9.67 Å². The summed E-state index contributed by atoms with van der Waals surface area (Å²) in [5.74, 6) is 1.03. The molecule has 1 aromatic carbocycles. The number of aromatic nitrogens is 3. The van der Waals surface area contributed by atoms with E-state index in [1.54, 1.807) is 12.1 Å². The molecule has 0 aliphatic carbocycles. The first-order chi connectivity index (χ1) is 14.4. The van der Waals surface area contributed by atoms with E-state index in [9.17, 15) is 13.2 Å². The van der Waals surface area contributed by atoms with Crippen molar-refractivity contribution in [2.45, 2.75) is 31.6 Å². The van der Waals surface area contributed by atoms with Crippen molar-refractivity contribution >= 4 is 5.82 Å². The van der Waals surface area contributed by atoms with Gasteiger partial charge in [-0.1, -0.05) is 18.2 Å². The summed E-state index contributed by atoms with van der Waals surface area (Å²) in [6.07, 6.45) is 0.862. The molecule has 0 amide bonds. The lowest BCUT2D eigenvalue weighted by atomic mass is 10.0. The number of pyridine rings is 1. The summed E-state index contributed by atoms with van der Waals surface area (Å²) in [7, 11) is 2.12. The lowest BCUT2D eigenvalue weighted by Crippen LogP contribution is -2.43. The Kier molecular flexibility index (Phi) is 5.76. The third-order valence-corrected chi connectivity index (χ3v) is 5.57. The van der Waals surface area contributed by atoms with Gasteiger partial charge in [0.15, 0.2) is 5.69 Å². The molecule has 1 saturated heterocycles. The van der Waals surface area contributed by atoms with Crippen molar-refractivity contribution in [3.05, 3.63) is 72.2 Å². The van der Waals surface area contributed by atoms with Gasteiger partial charge in [0.05, 0.1) is 5.69 Å². The predicted octanol–water partition coefficient (Wildman–Crippen LogP) is 4.39. The smallest absolute Gasteiger partial charge is 0.357 e. The molecule has 0 atom stereocenters. The van der Waals surface area contributed by atoms with Crippen LogP contribution < -0.4 is 4.90 Å². The van der Waals surface area contributed by atoms with Gasteiger partial charge in [0.2, 0.25) is 0 Å². The fourth-order valence-electron chi connectivity index (χ4n) is 3.87. The molecule has 30 heavy (non-hydrogen) atoms. The standard InChI is InChI=1S/C22H24F3N5/c1-28(18-9-13-29(14-10-18)21-4-2-3-12-26-21)16-17-5-7-19(8-6-17)30-15-11-20(27-30)22(23,24)25/h2-8,11-12,15,18H,9-10,13-14,16H2,1H3. The zero-order valence-electron chi connectivity index (χ0n) is 16.8. The number of nitrogens with zero attached hydrogens (tertiary/aromatic N) is 5. The van der Waals surface area contributed by atoms with Gasteiger partial charge < -0.3 is 4.90 Å². The number of halogens is 3. The molecule has 0 saturated carbocycles. The Labute approximate surface area is 173 Å². The molecular weight excluding hydrogens is 391 g/mol. The third-order valence-electron chi connectivity index (χ3n) is 5.57. The molecule has 0 spiro atoms. The van der Waals surface area contributed by atoms with Crippen molar-refractivity contribution in [1.82, 2.24) is 19.7 Å². The van der Waals surface area contributed by atoms with Gasteiger partial charge in [0, 0.05) is 38.1 Å². The minimum absolute atomic E-state index is 0.491. The van der Waals surface area contributed by atoms with Gasteiger partial charge in [0.1, 0.15) is 5.82 Å². The second-order valence-corrected chi connectivity index (χ2v) is 7.63. The zero-order chi connectivity index (χ0) is 21.1. The molecule has 2 aromatic heterocycles. The van der Waals surface area contributed by atoms with Crippen molar-refractivity contribution in [3.63, 3.8) is 0 Å². The van der Waals surface area contributed by atoms with E-state index in [4.69, 9.17) is 0 Å². The second-order valence-electron chi connectivity index (χ2n) is 7.63. The highest BCUT2D eigenvalue weighted by Gasteiger charge is 2.33. The summed E-state index contributed by atoms with van der Waals surface area (Å²) in [6.45, 7) is 2.75.